The zero-order chi connectivity index (χ0) is 31.5. The molecule has 1 aliphatic rings. The van der Waals surface area contributed by atoms with E-state index in [2.05, 4.69) is 21.2 Å². The molecule has 0 fully saturated rings. The van der Waals surface area contributed by atoms with Crippen LogP contribution in [0, 0.1) is 5.82 Å². The Labute approximate surface area is 260 Å². The van der Waals surface area contributed by atoms with E-state index >= 15 is 0 Å². The first-order valence-corrected chi connectivity index (χ1v) is 14.3. The maximum Gasteiger partial charge on any atom is 0.338 e. The SMILES string of the molecule is CCOC(=O)C1=C(C)NC(=S)N[C@H]1c1ccccc1OCC(=O)NN=Cc1ccc(OCc2ccc(F)cc2)c(OCC)c1. The van der Waals surface area contributed by atoms with Gasteiger partial charge in [0.2, 0.25) is 0 Å². The number of halogens is 1. The third kappa shape index (κ3) is 8.54. The number of hydrogen-bond donors (Lipinski definition) is 3. The number of para-hydroxylation sites is 1. The second-order valence-corrected chi connectivity index (χ2v) is 9.87. The van der Waals surface area contributed by atoms with Crippen LogP contribution in [0.5, 0.6) is 17.2 Å². The zero-order valence-electron chi connectivity index (χ0n) is 24.5. The van der Waals surface area contributed by atoms with E-state index in [0.717, 1.165) is 5.56 Å². The van der Waals surface area contributed by atoms with Crippen LogP contribution in [0.25, 0.3) is 0 Å². The van der Waals surface area contributed by atoms with Crippen molar-refractivity contribution in [3.63, 3.8) is 0 Å². The second kappa shape index (κ2) is 15.5. The number of thiocarbonyl (C=S) groups is 1. The quantitative estimate of drug-likeness (QED) is 0.108. The molecule has 44 heavy (non-hydrogen) atoms. The van der Waals surface area contributed by atoms with Crippen molar-refractivity contribution < 1.29 is 32.9 Å². The Bertz CT molecular complexity index is 1560. The van der Waals surface area contributed by atoms with Crippen LogP contribution in [-0.4, -0.2) is 43.0 Å². The van der Waals surface area contributed by atoms with E-state index in [1.165, 1.54) is 18.3 Å². The Morgan fingerprint density at radius 3 is 2.50 bits per heavy atom. The molecule has 3 aromatic carbocycles. The normalized spacial score (nSPS) is 14.5. The van der Waals surface area contributed by atoms with Crippen LogP contribution in [0.3, 0.4) is 0 Å². The smallest absolute Gasteiger partial charge is 0.338 e. The summed E-state index contributed by atoms with van der Waals surface area (Å²) in [6.07, 6.45) is 1.47. The van der Waals surface area contributed by atoms with E-state index in [-0.39, 0.29) is 25.6 Å². The van der Waals surface area contributed by atoms with Crippen molar-refractivity contribution in [2.24, 2.45) is 5.10 Å². The summed E-state index contributed by atoms with van der Waals surface area (Å²) in [6, 6.07) is 17.7. The lowest BCUT2D eigenvalue weighted by Gasteiger charge is -2.30. The van der Waals surface area contributed by atoms with Gasteiger partial charge >= 0.3 is 5.97 Å². The monoisotopic (exact) mass is 620 g/mol. The first-order chi connectivity index (χ1) is 21.3. The molecular formula is C32H33FN4O6S. The summed E-state index contributed by atoms with van der Waals surface area (Å²) in [5.74, 6) is 0.117. The molecule has 1 atom stereocenters. The van der Waals surface area contributed by atoms with Crippen LogP contribution < -0.4 is 30.3 Å². The van der Waals surface area contributed by atoms with Gasteiger partial charge in [0.05, 0.1) is 31.0 Å². The lowest BCUT2D eigenvalue weighted by Crippen LogP contribution is -2.45. The molecule has 0 saturated carbocycles. The number of carbonyl (C=O) groups excluding carboxylic acids is 2. The number of hydrazone groups is 1. The summed E-state index contributed by atoms with van der Waals surface area (Å²) < 4.78 is 35.8. The molecule has 3 aromatic rings. The van der Waals surface area contributed by atoms with Crippen LogP contribution in [0.1, 0.15) is 43.5 Å². The first-order valence-electron chi connectivity index (χ1n) is 13.9. The van der Waals surface area contributed by atoms with Gasteiger partial charge in [-0.05, 0) is 80.5 Å². The molecule has 0 aromatic heterocycles. The Morgan fingerprint density at radius 2 is 1.75 bits per heavy atom. The Balaban J connectivity index is 1.38. The van der Waals surface area contributed by atoms with Crippen molar-refractivity contribution in [1.29, 1.82) is 0 Å². The van der Waals surface area contributed by atoms with Crippen LogP contribution in [-0.2, 0) is 20.9 Å². The highest BCUT2D eigenvalue weighted by Crippen LogP contribution is 2.33. The van der Waals surface area contributed by atoms with Crippen molar-refractivity contribution in [3.8, 4) is 17.2 Å². The number of rotatable bonds is 13. The van der Waals surface area contributed by atoms with Crippen molar-refractivity contribution in [3.05, 3.63) is 101 Å². The van der Waals surface area contributed by atoms with Gasteiger partial charge in [-0.15, -0.1) is 0 Å². The largest absolute Gasteiger partial charge is 0.490 e. The summed E-state index contributed by atoms with van der Waals surface area (Å²) in [4.78, 5) is 25.3. The minimum atomic E-state index is -0.637. The standard InChI is InChI=1S/C32H33FN4O6S/c1-4-40-27-16-22(12-15-26(27)42-18-21-10-13-23(33)14-11-21)17-34-37-28(38)19-43-25-9-7-6-8-24(25)30-29(31(39)41-5-2)20(3)35-32(44)36-30/h6-17,30H,4-5,18-19H2,1-3H3,(H,37,38)(H2,35,36,44)/t30-/m0/s1. The number of benzene rings is 3. The van der Waals surface area contributed by atoms with Crippen LogP contribution in [0.15, 0.2) is 83.1 Å². The Morgan fingerprint density at radius 1 is 0.977 bits per heavy atom. The zero-order valence-corrected chi connectivity index (χ0v) is 25.3. The molecule has 4 rings (SSSR count). The number of nitrogens with one attached hydrogen (secondary N) is 3. The number of nitrogens with zero attached hydrogens (tertiary/aromatic N) is 1. The third-order valence-corrected chi connectivity index (χ3v) is 6.55. The van der Waals surface area contributed by atoms with Crippen molar-refractivity contribution in [2.45, 2.75) is 33.4 Å². The summed E-state index contributed by atoms with van der Waals surface area (Å²) in [5, 5.41) is 10.4. The van der Waals surface area contributed by atoms with Gasteiger partial charge < -0.3 is 29.6 Å². The van der Waals surface area contributed by atoms with E-state index in [0.29, 0.717) is 51.4 Å². The summed E-state index contributed by atoms with van der Waals surface area (Å²) in [7, 11) is 0. The molecule has 3 N–H and O–H groups in total. The minimum absolute atomic E-state index is 0.216. The average molecular weight is 621 g/mol. The fourth-order valence-corrected chi connectivity index (χ4v) is 4.62. The van der Waals surface area contributed by atoms with Gasteiger partial charge in [-0.3, -0.25) is 4.79 Å². The topological polar surface area (TPSA) is 120 Å². The molecule has 10 nitrogen and oxygen atoms in total. The van der Waals surface area contributed by atoms with Crippen molar-refractivity contribution in [1.82, 2.24) is 16.1 Å². The molecule has 12 heteroatoms. The number of ether oxygens (including phenoxy) is 4. The molecule has 0 aliphatic carbocycles. The van der Waals surface area contributed by atoms with Gasteiger partial charge in [-0.25, -0.2) is 14.6 Å². The van der Waals surface area contributed by atoms with Gasteiger partial charge in [0.15, 0.2) is 23.2 Å². The number of amides is 1. The first kappa shape index (κ1) is 32.0. The molecule has 0 bridgehead atoms. The number of carbonyl (C=O) groups is 2. The molecule has 230 valence electrons. The summed E-state index contributed by atoms with van der Waals surface area (Å²) in [6.45, 7) is 5.87. The molecule has 1 heterocycles. The average Bonchev–Trinajstić information content (AvgIpc) is 3.00. The van der Waals surface area contributed by atoms with Gasteiger partial charge in [-0.1, -0.05) is 30.3 Å². The highest BCUT2D eigenvalue weighted by Gasteiger charge is 2.32. The van der Waals surface area contributed by atoms with Gasteiger partial charge in [0.25, 0.3) is 5.91 Å². The van der Waals surface area contributed by atoms with Crippen molar-refractivity contribution >= 4 is 35.4 Å². The molecule has 0 saturated heterocycles. The number of allylic oxidation sites excluding steroid dienone is 1. The maximum atomic E-state index is 13.2. The maximum absolute atomic E-state index is 13.2. The lowest BCUT2D eigenvalue weighted by atomic mass is 9.95. The van der Waals surface area contributed by atoms with Crippen molar-refractivity contribution in [2.75, 3.05) is 19.8 Å². The molecule has 0 spiro atoms. The lowest BCUT2D eigenvalue weighted by molar-refractivity contribution is -0.139. The summed E-state index contributed by atoms with van der Waals surface area (Å²) in [5.41, 5.74) is 5.47. The highest BCUT2D eigenvalue weighted by molar-refractivity contribution is 7.80. The predicted octanol–water partition coefficient (Wildman–Crippen LogP) is 4.69. The number of hydrogen-bond acceptors (Lipinski definition) is 8. The molecule has 0 unspecified atom stereocenters. The number of esters is 1. The van der Waals surface area contributed by atoms with Crippen LogP contribution in [0.4, 0.5) is 4.39 Å². The fourth-order valence-electron chi connectivity index (χ4n) is 4.35. The van der Waals surface area contributed by atoms with Gasteiger partial charge in [0.1, 0.15) is 18.2 Å². The highest BCUT2D eigenvalue weighted by atomic mass is 32.1. The Kier molecular flexibility index (Phi) is 11.2. The van der Waals surface area contributed by atoms with E-state index in [4.69, 9.17) is 31.2 Å². The van der Waals surface area contributed by atoms with E-state index < -0.39 is 17.9 Å². The van der Waals surface area contributed by atoms with Crippen LogP contribution in [0.2, 0.25) is 0 Å². The second-order valence-electron chi connectivity index (χ2n) is 9.46. The van der Waals surface area contributed by atoms with Crippen LogP contribution >= 0.6 is 12.2 Å². The third-order valence-electron chi connectivity index (χ3n) is 6.33. The molecule has 1 aliphatic heterocycles. The van der Waals surface area contributed by atoms with Gasteiger partial charge in [-0.2, -0.15) is 5.10 Å². The van der Waals surface area contributed by atoms with E-state index in [1.807, 2.05) is 6.92 Å². The minimum Gasteiger partial charge on any atom is -0.490 e. The predicted molar refractivity (Wildman–Crippen MR) is 167 cm³/mol. The summed E-state index contributed by atoms with van der Waals surface area (Å²) >= 11 is 5.31. The Hall–Kier alpha value is -4.97. The fraction of sp³-hybridized carbons (Fsp3) is 0.250. The molecule has 0 radical (unpaired) electrons. The molecular weight excluding hydrogens is 587 g/mol. The van der Waals surface area contributed by atoms with E-state index in [1.54, 1.807) is 68.4 Å². The van der Waals surface area contributed by atoms with E-state index in [9.17, 15) is 14.0 Å². The van der Waals surface area contributed by atoms with Gasteiger partial charge in [0, 0.05) is 11.3 Å². The molecule has 1 amide bonds.